The molecule has 102 valence electrons. The Morgan fingerprint density at radius 3 is 2.70 bits per heavy atom. The van der Waals surface area contributed by atoms with Crippen molar-refractivity contribution in [3.8, 4) is 23.1 Å². The van der Waals surface area contributed by atoms with Crippen molar-refractivity contribution < 1.29 is 14.3 Å². The average Bonchev–Trinajstić information content (AvgIpc) is 2.86. The van der Waals surface area contributed by atoms with Crippen LogP contribution in [0.2, 0.25) is 0 Å². The van der Waals surface area contributed by atoms with Crippen LogP contribution in [0, 0.1) is 18.3 Å². The predicted molar refractivity (Wildman–Crippen MR) is 73.6 cm³/mol. The summed E-state index contributed by atoms with van der Waals surface area (Å²) in [6.45, 7) is 1.83. The van der Waals surface area contributed by atoms with Crippen molar-refractivity contribution in [3.63, 3.8) is 0 Å². The van der Waals surface area contributed by atoms with Gasteiger partial charge in [0.1, 0.15) is 5.75 Å². The first-order chi connectivity index (χ1) is 9.62. The number of carbonyl (C=O) groups is 1. The van der Waals surface area contributed by atoms with Gasteiger partial charge in [-0.3, -0.25) is 0 Å². The van der Waals surface area contributed by atoms with Crippen molar-refractivity contribution in [3.05, 3.63) is 41.1 Å². The van der Waals surface area contributed by atoms with Crippen LogP contribution in [-0.2, 0) is 4.74 Å². The molecule has 0 atom stereocenters. The molecule has 1 aromatic carbocycles. The smallest absolute Gasteiger partial charge is 0.340 e. The Balaban J connectivity index is 2.75. The van der Waals surface area contributed by atoms with Crippen molar-refractivity contribution in [1.82, 2.24) is 4.98 Å². The predicted octanol–water partition coefficient (Wildman–Crippen LogP) is 2.66. The van der Waals surface area contributed by atoms with Gasteiger partial charge in [-0.05, 0) is 25.1 Å². The van der Waals surface area contributed by atoms with E-state index in [0.29, 0.717) is 28.1 Å². The molecule has 0 aliphatic rings. The van der Waals surface area contributed by atoms with Crippen LogP contribution in [0.4, 0.5) is 0 Å². The van der Waals surface area contributed by atoms with E-state index in [1.165, 1.54) is 14.2 Å². The minimum Gasteiger partial charge on any atom is -0.496 e. The van der Waals surface area contributed by atoms with Gasteiger partial charge in [0.05, 0.1) is 42.7 Å². The molecule has 0 saturated carbocycles. The second-order valence-corrected chi connectivity index (χ2v) is 4.23. The van der Waals surface area contributed by atoms with Gasteiger partial charge in [-0.2, -0.15) is 5.26 Å². The molecule has 5 nitrogen and oxygen atoms in total. The minimum absolute atomic E-state index is 0.381. The van der Waals surface area contributed by atoms with Crippen molar-refractivity contribution in [2.45, 2.75) is 6.92 Å². The maximum Gasteiger partial charge on any atom is 0.340 e. The van der Waals surface area contributed by atoms with Crippen molar-refractivity contribution in [2.24, 2.45) is 0 Å². The first-order valence-electron chi connectivity index (χ1n) is 5.97. The van der Waals surface area contributed by atoms with Crippen LogP contribution in [0.1, 0.15) is 21.6 Å². The summed E-state index contributed by atoms with van der Waals surface area (Å²) in [4.78, 5) is 14.9. The summed E-state index contributed by atoms with van der Waals surface area (Å²) in [5.41, 5.74) is 2.70. The SMILES string of the molecule is COC(=O)c1cc(C)[nH]c1-c1c(C#N)cccc1OC. The number of aryl methyl sites for hydroxylation is 1. The minimum atomic E-state index is -0.459. The van der Waals surface area contributed by atoms with E-state index in [2.05, 4.69) is 11.1 Å². The van der Waals surface area contributed by atoms with Gasteiger partial charge in [-0.15, -0.1) is 0 Å². The number of methoxy groups -OCH3 is 2. The number of nitrogens with one attached hydrogen (secondary N) is 1. The first kappa shape index (κ1) is 13.7. The molecular weight excluding hydrogens is 256 g/mol. The van der Waals surface area contributed by atoms with Crippen LogP contribution in [-0.4, -0.2) is 25.2 Å². The summed E-state index contributed by atoms with van der Waals surface area (Å²) < 4.78 is 10.1. The van der Waals surface area contributed by atoms with Gasteiger partial charge in [0.25, 0.3) is 0 Å². The van der Waals surface area contributed by atoms with E-state index in [4.69, 9.17) is 9.47 Å². The number of H-pyrrole nitrogens is 1. The third kappa shape index (κ3) is 2.24. The molecule has 1 N–H and O–H groups in total. The van der Waals surface area contributed by atoms with Crippen LogP contribution < -0.4 is 4.74 Å². The number of nitrogens with zero attached hydrogens (tertiary/aromatic N) is 1. The Morgan fingerprint density at radius 2 is 2.10 bits per heavy atom. The van der Waals surface area contributed by atoms with Gasteiger partial charge in [0.2, 0.25) is 0 Å². The number of hydrogen-bond donors (Lipinski definition) is 1. The third-order valence-electron chi connectivity index (χ3n) is 2.97. The molecule has 0 unspecified atom stereocenters. The molecule has 1 aromatic heterocycles. The monoisotopic (exact) mass is 270 g/mol. The highest BCUT2D eigenvalue weighted by Gasteiger charge is 2.21. The standard InChI is InChI=1S/C15H14N2O3/c1-9-7-11(15(18)20-3)14(17-9)13-10(8-16)5-4-6-12(13)19-2/h4-7,17H,1-3H3. The summed E-state index contributed by atoms with van der Waals surface area (Å²) >= 11 is 0. The van der Waals surface area contributed by atoms with E-state index in [-0.39, 0.29) is 0 Å². The second kappa shape index (κ2) is 5.49. The molecule has 0 amide bonds. The lowest BCUT2D eigenvalue weighted by Gasteiger charge is -2.10. The van der Waals surface area contributed by atoms with Gasteiger partial charge in [-0.25, -0.2) is 4.79 Å². The van der Waals surface area contributed by atoms with Gasteiger partial charge in [0.15, 0.2) is 0 Å². The topological polar surface area (TPSA) is 75.1 Å². The fourth-order valence-corrected chi connectivity index (χ4v) is 2.11. The van der Waals surface area contributed by atoms with Gasteiger partial charge in [0, 0.05) is 5.69 Å². The maximum atomic E-state index is 11.9. The molecule has 20 heavy (non-hydrogen) atoms. The van der Waals surface area contributed by atoms with Gasteiger partial charge in [-0.1, -0.05) is 6.07 Å². The quantitative estimate of drug-likeness (QED) is 0.870. The van der Waals surface area contributed by atoms with Crippen LogP contribution in [0.3, 0.4) is 0 Å². The molecule has 0 fully saturated rings. The molecular formula is C15H14N2O3. The summed E-state index contributed by atoms with van der Waals surface area (Å²) in [6, 6.07) is 8.95. The first-order valence-corrected chi connectivity index (χ1v) is 5.97. The van der Waals surface area contributed by atoms with Gasteiger partial charge >= 0.3 is 5.97 Å². The average molecular weight is 270 g/mol. The molecule has 2 rings (SSSR count). The van der Waals surface area contributed by atoms with Crippen LogP contribution in [0.15, 0.2) is 24.3 Å². The van der Waals surface area contributed by atoms with Crippen LogP contribution in [0.5, 0.6) is 5.75 Å². The molecule has 0 radical (unpaired) electrons. The van der Waals surface area contributed by atoms with Crippen molar-refractivity contribution in [2.75, 3.05) is 14.2 Å². The van der Waals surface area contributed by atoms with Crippen LogP contribution >= 0.6 is 0 Å². The molecule has 5 heteroatoms. The molecule has 2 aromatic rings. The highest BCUT2D eigenvalue weighted by atomic mass is 16.5. The number of rotatable bonds is 3. The Morgan fingerprint density at radius 1 is 1.35 bits per heavy atom. The maximum absolute atomic E-state index is 11.9. The number of benzene rings is 1. The number of nitriles is 1. The van der Waals surface area contributed by atoms with E-state index in [1.54, 1.807) is 24.3 Å². The summed E-state index contributed by atoms with van der Waals surface area (Å²) in [6.07, 6.45) is 0. The number of esters is 1. The molecule has 0 saturated heterocycles. The van der Waals surface area contributed by atoms with E-state index in [0.717, 1.165) is 5.69 Å². The highest BCUT2D eigenvalue weighted by Crippen LogP contribution is 2.35. The number of ether oxygens (including phenoxy) is 2. The van der Waals surface area contributed by atoms with E-state index >= 15 is 0 Å². The highest BCUT2D eigenvalue weighted by molar-refractivity contribution is 5.98. The van der Waals surface area contributed by atoms with E-state index < -0.39 is 5.97 Å². The second-order valence-electron chi connectivity index (χ2n) is 4.23. The Labute approximate surface area is 116 Å². The van der Waals surface area contributed by atoms with E-state index in [9.17, 15) is 10.1 Å². The van der Waals surface area contributed by atoms with Gasteiger partial charge < -0.3 is 14.5 Å². The molecule has 0 aliphatic heterocycles. The zero-order chi connectivity index (χ0) is 14.7. The fourth-order valence-electron chi connectivity index (χ4n) is 2.11. The fraction of sp³-hybridized carbons (Fsp3) is 0.200. The summed E-state index contributed by atoms with van der Waals surface area (Å²) in [7, 11) is 2.84. The number of aromatic amines is 1. The Hall–Kier alpha value is -2.74. The van der Waals surface area contributed by atoms with Crippen molar-refractivity contribution in [1.29, 1.82) is 5.26 Å². The zero-order valence-electron chi connectivity index (χ0n) is 11.5. The zero-order valence-corrected chi connectivity index (χ0v) is 11.5. The summed E-state index contributed by atoms with van der Waals surface area (Å²) in [5, 5.41) is 9.26. The normalized spacial score (nSPS) is 9.90. The number of aromatic nitrogens is 1. The lowest BCUT2D eigenvalue weighted by Crippen LogP contribution is -2.03. The lowest BCUT2D eigenvalue weighted by atomic mass is 10.0. The van der Waals surface area contributed by atoms with Crippen molar-refractivity contribution >= 4 is 5.97 Å². The molecule has 0 spiro atoms. The largest absolute Gasteiger partial charge is 0.496 e. The molecule has 1 heterocycles. The summed E-state index contributed by atoms with van der Waals surface area (Å²) in [5.74, 6) is 0.0650. The Kier molecular flexibility index (Phi) is 3.76. The number of hydrogen-bond acceptors (Lipinski definition) is 4. The van der Waals surface area contributed by atoms with Crippen LogP contribution in [0.25, 0.3) is 11.3 Å². The molecule has 0 bridgehead atoms. The molecule has 0 aliphatic carbocycles. The Bertz CT molecular complexity index is 696. The third-order valence-corrected chi connectivity index (χ3v) is 2.97. The number of carbonyl (C=O) groups excluding carboxylic acids is 1. The lowest BCUT2D eigenvalue weighted by molar-refractivity contribution is 0.0602. The van der Waals surface area contributed by atoms with E-state index in [1.807, 2.05) is 6.92 Å².